The Hall–Kier alpha value is -1.76. The van der Waals surface area contributed by atoms with Gasteiger partial charge in [-0.1, -0.05) is 18.2 Å². The van der Waals surface area contributed by atoms with Crippen molar-refractivity contribution in [3.8, 4) is 5.75 Å². The van der Waals surface area contributed by atoms with Gasteiger partial charge in [0.25, 0.3) is 0 Å². The van der Waals surface area contributed by atoms with E-state index in [1.165, 1.54) is 0 Å². The first-order valence-corrected chi connectivity index (χ1v) is 6.28. The molecule has 0 radical (unpaired) electrons. The van der Waals surface area contributed by atoms with Crippen LogP contribution in [0, 0.1) is 0 Å². The molecule has 1 aromatic rings. The first kappa shape index (κ1) is 14.6. The summed E-state index contributed by atoms with van der Waals surface area (Å²) in [6.07, 6.45) is -4.69. The number of nitrogens with one attached hydrogen (secondary N) is 2. The first-order valence-electron chi connectivity index (χ1n) is 6.28. The van der Waals surface area contributed by atoms with Crippen molar-refractivity contribution >= 4 is 6.09 Å². The summed E-state index contributed by atoms with van der Waals surface area (Å²) in [7, 11) is 0. The van der Waals surface area contributed by atoms with Crippen LogP contribution in [0.2, 0.25) is 0 Å². The summed E-state index contributed by atoms with van der Waals surface area (Å²) in [5.41, 5.74) is 0. The fourth-order valence-electron chi connectivity index (χ4n) is 2.05. The molecule has 0 bridgehead atoms. The quantitative estimate of drug-likeness (QED) is 0.879. The van der Waals surface area contributed by atoms with Crippen molar-refractivity contribution in [1.29, 1.82) is 0 Å². The van der Waals surface area contributed by atoms with E-state index in [1.54, 1.807) is 30.3 Å². The zero-order valence-electron chi connectivity index (χ0n) is 10.6. The Kier molecular flexibility index (Phi) is 4.49. The lowest BCUT2D eigenvalue weighted by molar-refractivity contribution is -0.160. The number of halogens is 3. The van der Waals surface area contributed by atoms with Crippen LogP contribution in [0.1, 0.15) is 12.8 Å². The highest BCUT2D eigenvalue weighted by molar-refractivity contribution is 5.70. The fourth-order valence-corrected chi connectivity index (χ4v) is 2.05. The highest BCUT2D eigenvalue weighted by Gasteiger charge is 2.41. The third-order valence-electron chi connectivity index (χ3n) is 3.09. The summed E-state index contributed by atoms with van der Waals surface area (Å²) < 4.78 is 42.3. The molecule has 20 heavy (non-hydrogen) atoms. The van der Waals surface area contributed by atoms with Gasteiger partial charge in [0.2, 0.25) is 0 Å². The van der Waals surface area contributed by atoms with Gasteiger partial charge in [-0.15, -0.1) is 0 Å². The van der Waals surface area contributed by atoms with Gasteiger partial charge < -0.3 is 15.4 Å². The molecule has 1 fully saturated rings. The molecule has 1 aliphatic rings. The lowest BCUT2D eigenvalue weighted by Crippen LogP contribution is -2.54. The molecule has 0 spiro atoms. The molecular formula is C13H15F3N2O2. The molecule has 1 aromatic carbocycles. The lowest BCUT2D eigenvalue weighted by Gasteiger charge is -2.31. The molecule has 2 atom stereocenters. The van der Waals surface area contributed by atoms with Crippen molar-refractivity contribution in [3.63, 3.8) is 0 Å². The molecular weight excluding hydrogens is 273 g/mol. The van der Waals surface area contributed by atoms with Gasteiger partial charge >= 0.3 is 12.3 Å². The van der Waals surface area contributed by atoms with Gasteiger partial charge in [0.1, 0.15) is 11.8 Å². The maximum absolute atomic E-state index is 12.4. The van der Waals surface area contributed by atoms with Gasteiger partial charge in [0.15, 0.2) is 0 Å². The van der Waals surface area contributed by atoms with E-state index in [-0.39, 0.29) is 25.4 Å². The number of hydrogen-bond acceptors (Lipinski definition) is 3. The van der Waals surface area contributed by atoms with Crippen LogP contribution >= 0.6 is 0 Å². The minimum absolute atomic E-state index is 0.0558. The summed E-state index contributed by atoms with van der Waals surface area (Å²) in [6, 6.07) is 6.62. The minimum atomic E-state index is -4.24. The van der Waals surface area contributed by atoms with Crippen LogP contribution in [0.3, 0.4) is 0 Å². The number of amides is 1. The van der Waals surface area contributed by atoms with Crippen LogP contribution in [0.15, 0.2) is 30.3 Å². The van der Waals surface area contributed by atoms with Crippen LogP contribution in [0.25, 0.3) is 0 Å². The lowest BCUT2D eigenvalue weighted by atomic mass is 10.0. The van der Waals surface area contributed by atoms with E-state index in [2.05, 4.69) is 10.6 Å². The summed E-state index contributed by atoms with van der Waals surface area (Å²) in [5.74, 6) is 0.391. The Labute approximate surface area is 114 Å². The van der Waals surface area contributed by atoms with E-state index < -0.39 is 18.3 Å². The Balaban J connectivity index is 1.77. The third kappa shape index (κ3) is 4.12. The van der Waals surface area contributed by atoms with Gasteiger partial charge in [0.05, 0.1) is 0 Å². The molecule has 7 heteroatoms. The van der Waals surface area contributed by atoms with Gasteiger partial charge in [-0.3, -0.25) is 0 Å². The van der Waals surface area contributed by atoms with Crippen LogP contribution < -0.4 is 15.4 Å². The highest BCUT2D eigenvalue weighted by Crippen LogP contribution is 2.26. The Morgan fingerprint density at radius 3 is 2.50 bits per heavy atom. The number of carbonyl (C=O) groups excluding carboxylic acids is 1. The molecule has 0 aromatic heterocycles. The largest absolute Gasteiger partial charge is 0.412 e. The predicted molar refractivity (Wildman–Crippen MR) is 66.5 cm³/mol. The van der Waals surface area contributed by atoms with Gasteiger partial charge in [-0.2, -0.15) is 13.2 Å². The summed E-state index contributed by atoms with van der Waals surface area (Å²) >= 11 is 0. The zero-order chi connectivity index (χ0) is 14.6. The number of hydrogen-bond donors (Lipinski definition) is 2. The van der Waals surface area contributed by atoms with Crippen LogP contribution in [0.4, 0.5) is 18.0 Å². The maximum atomic E-state index is 12.4. The monoisotopic (exact) mass is 288 g/mol. The number of benzene rings is 1. The molecule has 4 nitrogen and oxygen atoms in total. The Morgan fingerprint density at radius 1 is 1.25 bits per heavy atom. The minimum Gasteiger partial charge on any atom is -0.410 e. The predicted octanol–water partition coefficient (Wildman–Crippen LogP) is 2.46. The molecule has 1 aliphatic heterocycles. The average molecular weight is 288 g/mol. The number of ether oxygens (including phenoxy) is 1. The molecule has 2 N–H and O–H groups in total. The number of alkyl halides is 3. The zero-order valence-corrected chi connectivity index (χ0v) is 10.6. The average Bonchev–Trinajstić information content (AvgIpc) is 2.39. The van der Waals surface area contributed by atoms with Crippen molar-refractivity contribution in [2.45, 2.75) is 31.1 Å². The molecule has 0 saturated carbocycles. The van der Waals surface area contributed by atoms with Crippen molar-refractivity contribution < 1.29 is 22.7 Å². The van der Waals surface area contributed by atoms with E-state index in [4.69, 9.17) is 4.74 Å². The van der Waals surface area contributed by atoms with Crippen molar-refractivity contribution in [1.82, 2.24) is 10.6 Å². The van der Waals surface area contributed by atoms with E-state index in [0.717, 1.165) is 0 Å². The van der Waals surface area contributed by atoms with Crippen molar-refractivity contribution in [2.24, 2.45) is 0 Å². The summed E-state index contributed by atoms with van der Waals surface area (Å²) in [5, 5.41) is 4.93. The summed E-state index contributed by atoms with van der Waals surface area (Å²) in [4.78, 5) is 11.6. The number of carbonyl (C=O) groups is 1. The molecule has 110 valence electrons. The normalized spacial score (nSPS) is 23.1. The highest BCUT2D eigenvalue weighted by atomic mass is 19.4. The van der Waals surface area contributed by atoms with E-state index >= 15 is 0 Å². The van der Waals surface area contributed by atoms with Crippen LogP contribution in [-0.2, 0) is 0 Å². The Bertz CT molecular complexity index is 443. The molecule has 1 amide bonds. The third-order valence-corrected chi connectivity index (χ3v) is 3.09. The molecule has 2 unspecified atom stereocenters. The van der Waals surface area contributed by atoms with Gasteiger partial charge in [0, 0.05) is 12.6 Å². The second kappa shape index (κ2) is 6.13. The van der Waals surface area contributed by atoms with Crippen molar-refractivity contribution in [2.75, 3.05) is 6.54 Å². The van der Waals surface area contributed by atoms with E-state index in [9.17, 15) is 18.0 Å². The molecule has 2 rings (SSSR count). The number of piperidine rings is 1. The maximum Gasteiger partial charge on any atom is 0.412 e. The second-order valence-corrected chi connectivity index (χ2v) is 4.62. The van der Waals surface area contributed by atoms with Crippen molar-refractivity contribution in [3.05, 3.63) is 30.3 Å². The number of rotatable bonds is 2. The van der Waals surface area contributed by atoms with E-state index in [1.807, 2.05) is 0 Å². The van der Waals surface area contributed by atoms with Gasteiger partial charge in [-0.05, 0) is 25.0 Å². The number of para-hydroxylation sites is 1. The van der Waals surface area contributed by atoms with Gasteiger partial charge in [-0.25, -0.2) is 4.79 Å². The SMILES string of the molecule is O=C(NC1CCC(C(F)(F)F)NC1)Oc1ccccc1. The topological polar surface area (TPSA) is 50.4 Å². The molecule has 1 saturated heterocycles. The first-order chi connectivity index (χ1) is 9.45. The Morgan fingerprint density at radius 2 is 1.95 bits per heavy atom. The molecule has 0 aliphatic carbocycles. The standard InChI is InChI=1S/C13H15F3N2O2/c14-13(15,16)11-7-6-9(8-17-11)18-12(19)20-10-4-2-1-3-5-10/h1-5,9,11,17H,6-8H2,(H,18,19). The van der Waals surface area contributed by atoms with E-state index in [0.29, 0.717) is 5.75 Å². The van der Waals surface area contributed by atoms with Crippen LogP contribution in [0.5, 0.6) is 5.75 Å². The van der Waals surface area contributed by atoms with Crippen LogP contribution in [-0.4, -0.2) is 30.9 Å². The summed E-state index contributed by atoms with van der Waals surface area (Å²) in [6.45, 7) is 0.0774. The molecule has 1 heterocycles. The second-order valence-electron chi connectivity index (χ2n) is 4.62. The smallest absolute Gasteiger partial charge is 0.410 e. The fraction of sp³-hybridized carbons (Fsp3) is 0.462.